The van der Waals surface area contributed by atoms with E-state index in [4.69, 9.17) is 9.15 Å². The van der Waals surface area contributed by atoms with Crippen LogP contribution in [0.2, 0.25) is 0 Å². The third-order valence-electron chi connectivity index (χ3n) is 5.73. The van der Waals surface area contributed by atoms with Gasteiger partial charge < -0.3 is 19.4 Å². The van der Waals surface area contributed by atoms with E-state index < -0.39 is 23.3 Å². The number of furan rings is 1. The van der Waals surface area contributed by atoms with Gasteiger partial charge in [0.25, 0.3) is 5.91 Å². The van der Waals surface area contributed by atoms with Gasteiger partial charge in [-0.1, -0.05) is 0 Å². The van der Waals surface area contributed by atoms with Crippen molar-refractivity contribution in [3.8, 4) is 5.69 Å². The highest BCUT2D eigenvalue weighted by atomic mass is 19.1. The quantitative estimate of drug-likeness (QED) is 0.560. The van der Waals surface area contributed by atoms with Crippen LogP contribution in [0.15, 0.2) is 47.2 Å². The molecule has 3 heterocycles. The van der Waals surface area contributed by atoms with Gasteiger partial charge in [-0.3, -0.25) is 4.79 Å². The van der Waals surface area contributed by atoms with Gasteiger partial charge in [-0.25, -0.2) is 18.3 Å². The number of hydrogen-bond donors (Lipinski definition) is 1. The number of nitrogens with one attached hydrogen (secondary N) is 1. The van der Waals surface area contributed by atoms with Gasteiger partial charge in [0.15, 0.2) is 5.82 Å². The third kappa shape index (κ3) is 5.70. The SMILES string of the molecule is CC(C)(C)OC(=O)N1CCC(c2c(C(=O)NCc3ccco3)cnn2-c2ccc(F)cc2F)CC1. The molecule has 1 saturated heterocycles. The van der Waals surface area contributed by atoms with Crippen LogP contribution < -0.4 is 5.32 Å². The standard InChI is InChI=1S/C25H28F2N4O4/c1-25(2,3)35-24(33)30-10-8-16(9-11-30)22-19(23(32)28-14-18-5-4-12-34-18)15-29-31(22)21-7-6-17(26)13-20(21)27/h4-7,12-13,15-16H,8-11,14H2,1-3H3,(H,28,32). The maximum absolute atomic E-state index is 14.7. The molecule has 0 radical (unpaired) electrons. The minimum atomic E-state index is -0.789. The lowest BCUT2D eigenvalue weighted by Gasteiger charge is -2.34. The molecule has 0 bridgehead atoms. The Morgan fingerprint density at radius 2 is 1.94 bits per heavy atom. The topological polar surface area (TPSA) is 89.6 Å². The second-order valence-electron chi connectivity index (χ2n) is 9.45. The molecule has 1 aliphatic rings. The normalized spacial score (nSPS) is 14.7. The van der Waals surface area contributed by atoms with Crippen molar-refractivity contribution in [2.75, 3.05) is 13.1 Å². The Morgan fingerprint density at radius 3 is 2.57 bits per heavy atom. The zero-order valence-corrected chi connectivity index (χ0v) is 19.9. The first-order valence-electron chi connectivity index (χ1n) is 11.4. The highest BCUT2D eigenvalue weighted by Crippen LogP contribution is 2.33. The number of aromatic nitrogens is 2. The second-order valence-corrected chi connectivity index (χ2v) is 9.45. The summed E-state index contributed by atoms with van der Waals surface area (Å²) in [6, 6.07) is 6.68. The smallest absolute Gasteiger partial charge is 0.410 e. The van der Waals surface area contributed by atoms with Gasteiger partial charge in [-0.15, -0.1) is 0 Å². The summed E-state index contributed by atoms with van der Waals surface area (Å²) in [5.74, 6) is -1.49. The molecule has 2 amide bonds. The Kier molecular flexibility index (Phi) is 6.90. The summed E-state index contributed by atoms with van der Waals surface area (Å²) in [5.41, 5.74) is 0.236. The van der Waals surface area contributed by atoms with Crippen molar-refractivity contribution >= 4 is 12.0 Å². The van der Waals surface area contributed by atoms with Crippen molar-refractivity contribution in [3.05, 3.63) is 71.4 Å². The minimum absolute atomic E-state index is 0.0426. The predicted molar refractivity (Wildman–Crippen MR) is 123 cm³/mol. The average molecular weight is 487 g/mol. The van der Waals surface area contributed by atoms with Crippen LogP contribution >= 0.6 is 0 Å². The molecule has 8 nitrogen and oxygen atoms in total. The number of rotatable bonds is 5. The summed E-state index contributed by atoms with van der Waals surface area (Å²) in [6.45, 7) is 6.41. The number of ether oxygens (including phenoxy) is 1. The molecule has 186 valence electrons. The summed E-state index contributed by atoms with van der Waals surface area (Å²) >= 11 is 0. The second kappa shape index (κ2) is 9.89. The van der Waals surface area contributed by atoms with Crippen LogP contribution in [0.4, 0.5) is 13.6 Å². The van der Waals surface area contributed by atoms with Gasteiger partial charge in [0.05, 0.1) is 30.3 Å². The number of piperidine rings is 1. The maximum Gasteiger partial charge on any atom is 0.410 e. The highest BCUT2D eigenvalue weighted by Gasteiger charge is 2.32. The Hall–Kier alpha value is -3.69. The molecule has 0 saturated carbocycles. The number of nitrogens with zero attached hydrogens (tertiary/aromatic N) is 3. The van der Waals surface area contributed by atoms with Gasteiger partial charge in [-0.2, -0.15) is 5.10 Å². The monoisotopic (exact) mass is 486 g/mol. The van der Waals surface area contributed by atoms with E-state index in [1.807, 2.05) is 0 Å². The average Bonchev–Trinajstić information content (AvgIpc) is 3.47. The van der Waals surface area contributed by atoms with E-state index in [1.54, 1.807) is 37.8 Å². The van der Waals surface area contributed by atoms with Crippen LogP contribution in [-0.4, -0.2) is 45.4 Å². The van der Waals surface area contributed by atoms with Crippen LogP contribution in [0.1, 0.15) is 61.3 Å². The molecule has 3 aromatic rings. The van der Waals surface area contributed by atoms with E-state index in [9.17, 15) is 18.4 Å². The molecule has 35 heavy (non-hydrogen) atoms. The molecule has 0 atom stereocenters. The fourth-order valence-electron chi connectivity index (χ4n) is 4.11. The summed E-state index contributed by atoms with van der Waals surface area (Å²) in [6.07, 6.45) is 3.54. The van der Waals surface area contributed by atoms with Gasteiger partial charge in [-0.05, 0) is 57.9 Å². The van der Waals surface area contributed by atoms with E-state index in [-0.39, 0.29) is 29.6 Å². The number of carbonyl (C=O) groups excluding carboxylic acids is 2. The summed E-state index contributed by atoms with van der Waals surface area (Å²) < 4.78 is 40.3. The van der Waals surface area contributed by atoms with E-state index >= 15 is 0 Å². The summed E-state index contributed by atoms with van der Waals surface area (Å²) in [7, 11) is 0. The summed E-state index contributed by atoms with van der Waals surface area (Å²) in [5, 5.41) is 7.08. The maximum atomic E-state index is 14.7. The van der Waals surface area contributed by atoms with E-state index in [0.29, 0.717) is 37.4 Å². The molecule has 1 aliphatic heterocycles. The summed E-state index contributed by atoms with van der Waals surface area (Å²) in [4.78, 5) is 27.2. The van der Waals surface area contributed by atoms with Crippen LogP contribution in [0.25, 0.3) is 5.69 Å². The molecule has 1 fully saturated rings. The molecular formula is C25H28F2N4O4. The van der Waals surface area contributed by atoms with Crippen molar-refractivity contribution in [3.63, 3.8) is 0 Å². The molecule has 2 aromatic heterocycles. The first kappa shape index (κ1) is 24.4. The minimum Gasteiger partial charge on any atom is -0.467 e. The predicted octanol–water partition coefficient (Wildman–Crippen LogP) is 4.79. The number of hydrogen-bond acceptors (Lipinski definition) is 5. The largest absolute Gasteiger partial charge is 0.467 e. The Bertz CT molecular complexity index is 1190. The molecule has 1 N–H and O–H groups in total. The number of likely N-dealkylation sites (tertiary alicyclic amines) is 1. The first-order chi connectivity index (χ1) is 16.6. The third-order valence-corrected chi connectivity index (χ3v) is 5.73. The number of benzene rings is 1. The van der Waals surface area contributed by atoms with Gasteiger partial charge >= 0.3 is 6.09 Å². The van der Waals surface area contributed by atoms with Crippen molar-refractivity contribution in [1.82, 2.24) is 20.0 Å². The Morgan fingerprint density at radius 1 is 1.20 bits per heavy atom. The van der Waals surface area contributed by atoms with Gasteiger partial charge in [0.2, 0.25) is 0 Å². The van der Waals surface area contributed by atoms with Crippen LogP contribution in [0.3, 0.4) is 0 Å². The number of amides is 2. The molecule has 4 rings (SSSR count). The molecular weight excluding hydrogens is 458 g/mol. The van der Waals surface area contributed by atoms with Gasteiger partial charge in [0.1, 0.15) is 22.9 Å². The first-order valence-corrected chi connectivity index (χ1v) is 11.4. The molecule has 10 heteroatoms. The molecule has 1 aromatic carbocycles. The fraction of sp³-hybridized carbons (Fsp3) is 0.400. The number of carbonyl (C=O) groups is 2. The van der Waals surface area contributed by atoms with Crippen LogP contribution in [-0.2, 0) is 11.3 Å². The lowest BCUT2D eigenvalue weighted by molar-refractivity contribution is 0.0203. The Labute approximate surface area is 201 Å². The molecule has 0 spiro atoms. The van der Waals surface area contributed by atoms with Crippen LogP contribution in [0.5, 0.6) is 0 Å². The van der Waals surface area contributed by atoms with Crippen molar-refractivity contribution in [1.29, 1.82) is 0 Å². The van der Waals surface area contributed by atoms with Gasteiger partial charge in [0, 0.05) is 25.1 Å². The molecule has 0 aliphatic carbocycles. The van der Waals surface area contributed by atoms with E-state index in [2.05, 4.69) is 10.4 Å². The Balaban J connectivity index is 1.60. The number of halogens is 2. The van der Waals surface area contributed by atoms with Crippen molar-refractivity contribution in [2.24, 2.45) is 0 Å². The zero-order valence-electron chi connectivity index (χ0n) is 19.9. The lowest BCUT2D eigenvalue weighted by atomic mass is 9.91. The zero-order chi connectivity index (χ0) is 25.2. The van der Waals surface area contributed by atoms with E-state index in [0.717, 1.165) is 12.1 Å². The highest BCUT2D eigenvalue weighted by molar-refractivity contribution is 5.95. The fourth-order valence-corrected chi connectivity index (χ4v) is 4.11. The van der Waals surface area contributed by atoms with Crippen LogP contribution in [0, 0.1) is 11.6 Å². The molecule has 0 unspecified atom stereocenters. The lowest BCUT2D eigenvalue weighted by Crippen LogP contribution is -2.41. The van der Waals surface area contributed by atoms with Crippen molar-refractivity contribution < 1.29 is 27.5 Å². The van der Waals surface area contributed by atoms with E-state index in [1.165, 1.54) is 23.2 Å². The van der Waals surface area contributed by atoms with Crippen molar-refractivity contribution in [2.45, 2.75) is 51.7 Å².